The number of sulfone groups is 1. The van der Waals surface area contributed by atoms with Gasteiger partial charge in [0.2, 0.25) is 0 Å². The van der Waals surface area contributed by atoms with Crippen LogP contribution in [0.25, 0.3) is 0 Å². The van der Waals surface area contributed by atoms with Gasteiger partial charge in [-0.2, -0.15) is 0 Å². The quantitative estimate of drug-likeness (QED) is 0.744. The van der Waals surface area contributed by atoms with Crippen LogP contribution in [0.2, 0.25) is 5.02 Å². The van der Waals surface area contributed by atoms with E-state index in [1.165, 1.54) is 25.7 Å². The summed E-state index contributed by atoms with van der Waals surface area (Å²) < 4.78 is 30.4. The monoisotopic (exact) mass is 387 g/mol. The van der Waals surface area contributed by atoms with E-state index in [-0.39, 0.29) is 25.3 Å². The molecule has 1 fully saturated rings. The van der Waals surface area contributed by atoms with Crippen LogP contribution in [-0.2, 0) is 24.2 Å². The Labute approximate surface area is 153 Å². The van der Waals surface area contributed by atoms with Gasteiger partial charge in [0.25, 0.3) is 5.91 Å². The molecule has 1 amide bonds. The predicted molar refractivity (Wildman–Crippen MR) is 95.0 cm³/mol. The zero-order valence-electron chi connectivity index (χ0n) is 14.5. The molecular weight excluding hydrogens is 366 g/mol. The van der Waals surface area contributed by atoms with E-state index in [0.29, 0.717) is 10.6 Å². The van der Waals surface area contributed by atoms with Gasteiger partial charge in [0.15, 0.2) is 15.4 Å². The fourth-order valence-electron chi connectivity index (χ4n) is 3.02. The third-order valence-corrected chi connectivity index (χ3v) is 6.65. The molecule has 0 radical (unpaired) electrons. The Kier molecular flexibility index (Phi) is 5.79. The molecule has 0 bridgehead atoms. The van der Waals surface area contributed by atoms with Crippen LogP contribution in [0.1, 0.15) is 38.0 Å². The van der Waals surface area contributed by atoms with Crippen LogP contribution in [0, 0.1) is 0 Å². The van der Waals surface area contributed by atoms with E-state index >= 15 is 0 Å². The highest BCUT2D eigenvalue weighted by Gasteiger charge is 2.39. The van der Waals surface area contributed by atoms with Gasteiger partial charge in [-0.05, 0) is 31.9 Å². The van der Waals surface area contributed by atoms with E-state index in [1.807, 2.05) is 0 Å². The highest BCUT2D eigenvalue weighted by atomic mass is 35.5. The van der Waals surface area contributed by atoms with Crippen molar-refractivity contribution in [3.8, 4) is 0 Å². The van der Waals surface area contributed by atoms with Crippen LogP contribution >= 0.6 is 11.6 Å². The second-order valence-electron chi connectivity index (χ2n) is 6.56. The van der Waals surface area contributed by atoms with Crippen LogP contribution in [0.15, 0.2) is 24.3 Å². The van der Waals surface area contributed by atoms with E-state index in [1.54, 1.807) is 24.3 Å². The summed E-state index contributed by atoms with van der Waals surface area (Å²) in [6.45, 7) is 4.55. The highest BCUT2D eigenvalue weighted by molar-refractivity contribution is 7.91. The zero-order chi connectivity index (χ0) is 18.8. The van der Waals surface area contributed by atoms with Crippen LogP contribution in [0.5, 0.6) is 0 Å². The fourth-order valence-corrected chi connectivity index (χ4v) is 5.16. The number of rotatable bonds is 3. The third-order valence-electron chi connectivity index (χ3n) is 4.19. The number of esters is 1. The first-order valence-electron chi connectivity index (χ1n) is 7.99. The zero-order valence-corrected chi connectivity index (χ0v) is 16.1. The summed E-state index contributed by atoms with van der Waals surface area (Å²) in [6.07, 6.45) is 0.244. The van der Waals surface area contributed by atoms with Crippen molar-refractivity contribution in [3.63, 3.8) is 0 Å². The van der Waals surface area contributed by atoms with Gasteiger partial charge in [0.05, 0.1) is 11.0 Å². The van der Waals surface area contributed by atoms with Crippen molar-refractivity contribution in [2.75, 3.05) is 18.8 Å². The summed E-state index contributed by atoms with van der Waals surface area (Å²) >= 11 is 6.16. The minimum atomic E-state index is -3.46. The normalized spacial score (nSPS) is 20.6. The summed E-state index contributed by atoms with van der Waals surface area (Å²) in [5.41, 5.74) is -0.780. The predicted octanol–water partition coefficient (Wildman–Crippen LogP) is 2.37. The average Bonchev–Trinajstić information content (AvgIpc) is 2.64. The molecule has 1 heterocycles. The molecule has 1 aromatic carbocycles. The average molecular weight is 388 g/mol. The van der Waals surface area contributed by atoms with E-state index in [4.69, 9.17) is 16.3 Å². The van der Waals surface area contributed by atoms with E-state index in [9.17, 15) is 18.0 Å². The van der Waals surface area contributed by atoms with Gasteiger partial charge in [-0.3, -0.25) is 9.59 Å². The molecule has 0 spiro atoms. The molecule has 138 valence electrons. The lowest BCUT2D eigenvalue weighted by Gasteiger charge is -2.30. The molecule has 1 saturated heterocycles. The molecule has 1 atom stereocenters. The SMILES string of the molecule is CC(=O)OC(C)(C)C(=O)N1CCC(c2ccccc2Cl)S(=O)(=O)CC1. The molecule has 1 aliphatic rings. The molecule has 25 heavy (non-hydrogen) atoms. The lowest BCUT2D eigenvalue weighted by molar-refractivity contribution is -0.168. The summed E-state index contributed by atoms with van der Waals surface area (Å²) in [5.74, 6) is -1.13. The molecule has 1 unspecified atom stereocenters. The first-order valence-corrected chi connectivity index (χ1v) is 10.1. The second kappa shape index (κ2) is 7.33. The maximum absolute atomic E-state index is 12.7. The molecule has 0 aromatic heterocycles. The molecule has 0 saturated carbocycles. The maximum atomic E-state index is 12.7. The topological polar surface area (TPSA) is 80.8 Å². The van der Waals surface area contributed by atoms with Crippen molar-refractivity contribution in [2.45, 2.75) is 38.0 Å². The van der Waals surface area contributed by atoms with Gasteiger partial charge >= 0.3 is 5.97 Å². The Balaban J connectivity index is 2.24. The second-order valence-corrected chi connectivity index (χ2v) is 9.27. The molecule has 0 N–H and O–H groups in total. The fraction of sp³-hybridized carbons (Fsp3) is 0.529. The number of amides is 1. The summed E-state index contributed by atoms with van der Waals surface area (Å²) in [6, 6.07) is 6.84. The van der Waals surface area contributed by atoms with Crippen molar-refractivity contribution >= 4 is 33.3 Å². The molecule has 0 aliphatic carbocycles. The molecule has 6 nitrogen and oxygen atoms in total. The van der Waals surface area contributed by atoms with Crippen LogP contribution in [-0.4, -0.2) is 49.6 Å². The van der Waals surface area contributed by atoms with Crippen LogP contribution < -0.4 is 0 Å². The Bertz CT molecular complexity index is 775. The smallest absolute Gasteiger partial charge is 0.303 e. The van der Waals surface area contributed by atoms with Gasteiger partial charge < -0.3 is 9.64 Å². The number of benzene rings is 1. The minimum absolute atomic E-state index is 0.0623. The number of hydrogen-bond acceptors (Lipinski definition) is 5. The van der Waals surface area contributed by atoms with Crippen LogP contribution in [0.3, 0.4) is 0 Å². The standard InChI is InChI=1S/C17H22ClNO5S/c1-12(20)24-17(2,3)16(21)19-9-8-15(25(22,23)11-10-19)13-6-4-5-7-14(13)18/h4-7,15H,8-11H2,1-3H3. The largest absolute Gasteiger partial charge is 0.450 e. The van der Waals surface area contributed by atoms with Gasteiger partial charge in [-0.15, -0.1) is 0 Å². The van der Waals surface area contributed by atoms with Gasteiger partial charge in [-0.1, -0.05) is 29.8 Å². The number of ether oxygens (including phenoxy) is 1. The van der Waals surface area contributed by atoms with Crippen LogP contribution in [0.4, 0.5) is 0 Å². The first-order chi connectivity index (χ1) is 11.5. The number of halogens is 1. The lowest BCUT2D eigenvalue weighted by Crippen LogP contribution is -2.48. The summed E-state index contributed by atoms with van der Waals surface area (Å²) in [5, 5.41) is -0.355. The number of hydrogen-bond donors (Lipinski definition) is 0. The Morgan fingerprint density at radius 1 is 1.24 bits per heavy atom. The Morgan fingerprint density at radius 3 is 2.48 bits per heavy atom. The molecule has 8 heteroatoms. The van der Waals surface area contributed by atoms with Gasteiger partial charge in [-0.25, -0.2) is 8.42 Å². The summed E-state index contributed by atoms with van der Waals surface area (Å²) in [7, 11) is -3.46. The Morgan fingerprint density at radius 2 is 1.88 bits per heavy atom. The first kappa shape index (κ1) is 19.7. The summed E-state index contributed by atoms with van der Waals surface area (Å²) in [4.78, 5) is 25.3. The van der Waals surface area contributed by atoms with Crippen molar-refractivity contribution in [1.82, 2.24) is 4.90 Å². The third kappa shape index (κ3) is 4.52. The van der Waals surface area contributed by atoms with Gasteiger partial charge in [0.1, 0.15) is 0 Å². The molecule has 1 aliphatic heterocycles. The number of carbonyl (C=O) groups is 2. The minimum Gasteiger partial charge on any atom is -0.450 e. The van der Waals surface area contributed by atoms with Crippen molar-refractivity contribution in [2.24, 2.45) is 0 Å². The highest BCUT2D eigenvalue weighted by Crippen LogP contribution is 2.34. The lowest BCUT2D eigenvalue weighted by atomic mass is 10.1. The molecule has 2 rings (SSSR count). The van der Waals surface area contributed by atoms with Crippen molar-refractivity contribution in [3.05, 3.63) is 34.9 Å². The van der Waals surface area contributed by atoms with E-state index in [2.05, 4.69) is 0 Å². The number of nitrogens with zero attached hydrogens (tertiary/aromatic N) is 1. The Hall–Kier alpha value is -1.60. The van der Waals surface area contributed by atoms with E-state index in [0.717, 1.165) is 0 Å². The number of carbonyl (C=O) groups excluding carboxylic acids is 2. The van der Waals surface area contributed by atoms with E-state index < -0.39 is 32.6 Å². The maximum Gasteiger partial charge on any atom is 0.303 e. The van der Waals surface area contributed by atoms with Crippen molar-refractivity contribution in [1.29, 1.82) is 0 Å². The van der Waals surface area contributed by atoms with Gasteiger partial charge in [0, 0.05) is 25.0 Å². The molecular formula is C17H22ClNO5S. The van der Waals surface area contributed by atoms with Crippen molar-refractivity contribution < 1.29 is 22.7 Å². The molecule has 1 aromatic rings.